The summed E-state index contributed by atoms with van der Waals surface area (Å²) in [6, 6.07) is 7.91. The normalized spacial score (nSPS) is 12.6. The van der Waals surface area contributed by atoms with Crippen LogP contribution in [0.2, 0.25) is 0 Å². The van der Waals surface area contributed by atoms with E-state index in [2.05, 4.69) is 4.72 Å². The Labute approximate surface area is 165 Å². The van der Waals surface area contributed by atoms with E-state index in [9.17, 15) is 23.6 Å². The zero-order valence-corrected chi connectivity index (χ0v) is 17.7. The maximum Gasteiger partial charge on any atom is 0.269 e. The number of non-ortho nitro benzene ring substituents is 1. The summed E-state index contributed by atoms with van der Waals surface area (Å²) in [7, 11) is -3.95. The molecule has 0 spiro atoms. The van der Waals surface area contributed by atoms with Crippen molar-refractivity contribution in [3.8, 4) is 5.75 Å². The molecule has 0 heterocycles. The number of sulfonamides is 1. The minimum Gasteiger partial charge on any atom is -0.507 e. The van der Waals surface area contributed by atoms with Gasteiger partial charge in [-0.3, -0.25) is 14.8 Å². The molecule has 0 amide bonds. The second kappa shape index (κ2) is 7.09. The van der Waals surface area contributed by atoms with Crippen molar-refractivity contribution in [3.05, 3.63) is 57.6 Å². The van der Waals surface area contributed by atoms with Gasteiger partial charge in [0.25, 0.3) is 15.7 Å². The zero-order valence-electron chi connectivity index (χ0n) is 16.9. The van der Waals surface area contributed by atoms with Gasteiger partial charge in [-0.2, -0.15) is 0 Å². The fourth-order valence-corrected chi connectivity index (χ4v) is 3.84. The lowest BCUT2D eigenvalue weighted by Crippen LogP contribution is -2.19. The van der Waals surface area contributed by atoms with E-state index in [0.29, 0.717) is 16.8 Å². The SMILES string of the molecule is CC(C)(C)c1cc(NS(=O)(=O)c2ccc([N+](=O)[O-])cc2)cc(C(C)(C)C)c1O. The van der Waals surface area contributed by atoms with Crippen LogP contribution in [0.5, 0.6) is 5.75 Å². The van der Waals surface area contributed by atoms with Gasteiger partial charge in [-0.05, 0) is 35.1 Å². The number of benzene rings is 2. The highest BCUT2D eigenvalue weighted by atomic mass is 32.2. The maximum absolute atomic E-state index is 12.7. The molecule has 0 aliphatic carbocycles. The Morgan fingerprint density at radius 2 is 1.36 bits per heavy atom. The molecule has 2 aromatic rings. The van der Waals surface area contributed by atoms with Crippen molar-refractivity contribution in [2.24, 2.45) is 0 Å². The molecule has 0 aromatic heterocycles. The number of phenols is 1. The summed E-state index contributed by atoms with van der Waals surface area (Å²) in [5.74, 6) is 0.151. The lowest BCUT2D eigenvalue weighted by atomic mass is 9.79. The molecule has 7 nitrogen and oxygen atoms in total. The molecule has 0 radical (unpaired) electrons. The number of nitrogens with zero attached hydrogens (tertiary/aromatic N) is 1. The largest absolute Gasteiger partial charge is 0.507 e. The number of nitrogens with one attached hydrogen (secondary N) is 1. The predicted molar refractivity (Wildman–Crippen MR) is 109 cm³/mol. The maximum atomic E-state index is 12.7. The van der Waals surface area contributed by atoms with Crippen molar-refractivity contribution < 1.29 is 18.4 Å². The van der Waals surface area contributed by atoms with Gasteiger partial charge in [-0.25, -0.2) is 8.42 Å². The first-order chi connectivity index (χ1) is 12.6. The van der Waals surface area contributed by atoms with Crippen LogP contribution in [0, 0.1) is 10.1 Å². The number of nitro groups is 1. The van der Waals surface area contributed by atoms with Gasteiger partial charge in [-0.15, -0.1) is 0 Å². The number of hydrogen-bond acceptors (Lipinski definition) is 5. The summed E-state index contributed by atoms with van der Waals surface area (Å²) >= 11 is 0. The highest BCUT2D eigenvalue weighted by molar-refractivity contribution is 7.92. The Balaban J connectivity index is 2.54. The zero-order chi connectivity index (χ0) is 21.5. The third-order valence-corrected chi connectivity index (χ3v) is 5.73. The first kappa shape index (κ1) is 21.7. The van der Waals surface area contributed by atoms with E-state index in [1.54, 1.807) is 12.1 Å². The number of aromatic hydroxyl groups is 1. The Morgan fingerprint density at radius 3 is 1.71 bits per heavy atom. The smallest absolute Gasteiger partial charge is 0.269 e. The highest BCUT2D eigenvalue weighted by Crippen LogP contribution is 2.41. The summed E-state index contributed by atoms with van der Waals surface area (Å²) < 4.78 is 28.0. The third-order valence-electron chi connectivity index (χ3n) is 4.34. The number of nitro benzene ring substituents is 1. The third kappa shape index (κ3) is 4.62. The summed E-state index contributed by atoms with van der Waals surface area (Å²) in [5.41, 5.74) is 0.583. The number of rotatable bonds is 4. The van der Waals surface area contributed by atoms with Crippen molar-refractivity contribution in [1.29, 1.82) is 0 Å². The van der Waals surface area contributed by atoms with E-state index in [4.69, 9.17) is 0 Å². The molecule has 0 unspecified atom stereocenters. The average molecular weight is 407 g/mol. The molecule has 152 valence electrons. The van der Waals surface area contributed by atoms with Crippen molar-refractivity contribution in [1.82, 2.24) is 0 Å². The monoisotopic (exact) mass is 406 g/mol. The quantitative estimate of drug-likeness (QED) is 0.435. The standard InChI is InChI=1S/C20H26N2O5S/c1-19(2,3)16-11-13(12-17(18(16)23)20(4,5)6)21-28(26,27)15-9-7-14(8-10-15)22(24)25/h7-12,21,23H,1-6H3. The Morgan fingerprint density at radius 1 is 0.929 bits per heavy atom. The van der Waals surface area contributed by atoms with Gasteiger partial charge in [-0.1, -0.05) is 41.5 Å². The highest BCUT2D eigenvalue weighted by Gasteiger charge is 2.27. The second-order valence-corrected chi connectivity index (χ2v) is 10.5. The lowest BCUT2D eigenvalue weighted by molar-refractivity contribution is -0.384. The molecule has 28 heavy (non-hydrogen) atoms. The van der Waals surface area contributed by atoms with Crippen LogP contribution >= 0.6 is 0 Å². The molecule has 0 saturated carbocycles. The van der Waals surface area contributed by atoms with Gasteiger partial charge in [0.05, 0.1) is 9.82 Å². The number of anilines is 1. The van der Waals surface area contributed by atoms with Crippen LogP contribution in [-0.4, -0.2) is 18.4 Å². The van der Waals surface area contributed by atoms with E-state index < -0.39 is 25.8 Å². The van der Waals surface area contributed by atoms with Gasteiger partial charge >= 0.3 is 0 Å². The molecule has 0 saturated heterocycles. The van der Waals surface area contributed by atoms with Crippen LogP contribution in [0.15, 0.2) is 41.3 Å². The lowest BCUT2D eigenvalue weighted by Gasteiger charge is -2.28. The van der Waals surface area contributed by atoms with Crippen molar-refractivity contribution >= 4 is 21.4 Å². The number of hydrogen-bond donors (Lipinski definition) is 2. The Hall–Kier alpha value is -2.61. The van der Waals surface area contributed by atoms with Gasteiger partial charge in [0.2, 0.25) is 0 Å². The first-order valence-corrected chi connectivity index (χ1v) is 10.3. The molecule has 0 atom stereocenters. The summed E-state index contributed by atoms with van der Waals surface area (Å²) in [5, 5.41) is 21.5. The van der Waals surface area contributed by atoms with E-state index in [0.717, 1.165) is 12.1 Å². The summed E-state index contributed by atoms with van der Waals surface area (Å²) in [4.78, 5) is 10.1. The van der Waals surface area contributed by atoms with E-state index in [-0.39, 0.29) is 16.3 Å². The van der Waals surface area contributed by atoms with Crippen LogP contribution < -0.4 is 4.72 Å². The fourth-order valence-electron chi connectivity index (χ4n) is 2.80. The van der Waals surface area contributed by atoms with Gasteiger partial charge in [0, 0.05) is 28.9 Å². The molecular weight excluding hydrogens is 380 g/mol. The predicted octanol–water partition coefficient (Wildman–Crippen LogP) is 4.70. The van der Waals surface area contributed by atoms with Gasteiger partial charge in [0.15, 0.2) is 0 Å². The molecule has 0 aliphatic heterocycles. The van der Waals surface area contributed by atoms with Crippen LogP contribution in [0.4, 0.5) is 11.4 Å². The van der Waals surface area contributed by atoms with Gasteiger partial charge in [0.1, 0.15) is 5.75 Å². The van der Waals surface area contributed by atoms with Crippen LogP contribution in [-0.2, 0) is 20.9 Å². The van der Waals surface area contributed by atoms with E-state index in [1.807, 2.05) is 41.5 Å². The minimum absolute atomic E-state index is 0.0826. The van der Waals surface area contributed by atoms with Crippen LogP contribution in [0.3, 0.4) is 0 Å². The Bertz CT molecular complexity index is 963. The van der Waals surface area contributed by atoms with E-state index >= 15 is 0 Å². The van der Waals surface area contributed by atoms with Crippen molar-refractivity contribution in [2.75, 3.05) is 4.72 Å². The molecule has 2 rings (SSSR count). The summed E-state index contributed by atoms with van der Waals surface area (Å²) in [6.07, 6.45) is 0. The topological polar surface area (TPSA) is 110 Å². The molecule has 0 aliphatic rings. The van der Waals surface area contributed by atoms with Gasteiger partial charge < -0.3 is 5.11 Å². The molecule has 0 fully saturated rings. The van der Waals surface area contributed by atoms with E-state index in [1.165, 1.54) is 12.1 Å². The molecular formula is C20H26N2O5S. The first-order valence-electron chi connectivity index (χ1n) is 8.78. The number of phenolic OH excluding ortho intramolecular Hbond substituents is 1. The summed E-state index contributed by atoms with van der Waals surface area (Å²) in [6.45, 7) is 11.6. The fraction of sp³-hybridized carbons (Fsp3) is 0.400. The Kier molecular flexibility index (Phi) is 5.49. The van der Waals surface area contributed by atoms with Crippen LogP contribution in [0.25, 0.3) is 0 Å². The van der Waals surface area contributed by atoms with Crippen molar-refractivity contribution in [3.63, 3.8) is 0 Å². The second-order valence-electron chi connectivity index (χ2n) is 8.78. The van der Waals surface area contributed by atoms with Crippen molar-refractivity contribution in [2.45, 2.75) is 57.3 Å². The molecule has 2 aromatic carbocycles. The average Bonchev–Trinajstić information content (AvgIpc) is 2.54. The molecule has 8 heteroatoms. The van der Waals surface area contributed by atoms with Crippen LogP contribution in [0.1, 0.15) is 52.7 Å². The molecule has 2 N–H and O–H groups in total. The molecule has 0 bridgehead atoms. The minimum atomic E-state index is -3.95.